The van der Waals surface area contributed by atoms with Crippen LogP contribution in [-0.2, 0) is 0 Å². The lowest BCUT2D eigenvalue weighted by Gasteiger charge is -2.21. The number of fused-ring (bicyclic) bond motifs is 1. The predicted octanol–water partition coefficient (Wildman–Crippen LogP) is 3.97. The Hall–Kier alpha value is -1.42. The van der Waals surface area contributed by atoms with E-state index >= 15 is 0 Å². The first kappa shape index (κ1) is 13.0. The molecule has 1 heterocycles. The van der Waals surface area contributed by atoms with Crippen molar-refractivity contribution in [1.82, 2.24) is 5.32 Å². The number of benzene rings is 1. The summed E-state index contributed by atoms with van der Waals surface area (Å²) in [5.74, 6) is -0.304. The molecule has 1 aromatic heterocycles. The molecule has 0 spiro atoms. The van der Waals surface area contributed by atoms with Crippen LogP contribution in [0.15, 0.2) is 28.7 Å². The normalized spacial score (nSPS) is 14.1. The van der Waals surface area contributed by atoms with Gasteiger partial charge in [-0.3, -0.25) is 0 Å². The molecule has 0 fully saturated rings. The molecule has 18 heavy (non-hydrogen) atoms. The fraction of sp³-hybridized carbons (Fsp3) is 0.429. The van der Waals surface area contributed by atoms with Crippen molar-refractivity contribution in [3.05, 3.63) is 35.8 Å². The molecular formula is C14H17F2NO. The van der Waals surface area contributed by atoms with Gasteiger partial charge in [-0.2, -0.15) is 0 Å². The van der Waals surface area contributed by atoms with Crippen molar-refractivity contribution in [2.24, 2.45) is 0 Å². The molecule has 0 saturated heterocycles. The van der Waals surface area contributed by atoms with Crippen LogP contribution in [-0.4, -0.2) is 12.1 Å². The summed E-state index contributed by atoms with van der Waals surface area (Å²) >= 11 is 0. The Bertz CT molecular complexity index is 542. The summed E-state index contributed by atoms with van der Waals surface area (Å²) in [7, 11) is 0. The van der Waals surface area contributed by atoms with Crippen LogP contribution < -0.4 is 5.32 Å². The van der Waals surface area contributed by atoms with Crippen LogP contribution in [0.5, 0.6) is 0 Å². The van der Waals surface area contributed by atoms with Crippen LogP contribution in [0.4, 0.5) is 8.78 Å². The molecule has 0 bridgehead atoms. The van der Waals surface area contributed by atoms with E-state index in [-0.39, 0.29) is 23.4 Å². The van der Waals surface area contributed by atoms with E-state index in [0.29, 0.717) is 5.39 Å². The molecule has 0 aliphatic carbocycles. The molecule has 1 unspecified atom stereocenters. The molecule has 0 amide bonds. The molecule has 0 aliphatic rings. The van der Waals surface area contributed by atoms with Crippen molar-refractivity contribution in [3.8, 4) is 0 Å². The van der Waals surface area contributed by atoms with Crippen LogP contribution in [0, 0.1) is 5.82 Å². The highest BCUT2D eigenvalue weighted by Crippen LogP contribution is 2.27. The topological polar surface area (TPSA) is 25.2 Å². The monoisotopic (exact) mass is 253 g/mol. The number of furan rings is 1. The number of hydrogen-bond donors (Lipinski definition) is 1. The Morgan fingerprint density at radius 2 is 2.06 bits per heavy atom. The van der Waals surface area contributed by atoms with Crippen LogP contribution >= 0.6 is 0 Å². The number of alkyl halides is 1. The minimum Gasteiger partial charge on any atom is -0.455 e. The summed E-state index contributed by atoms with van der Waals surface area (Å²) in [6.07, 6.45) is -1.28. The Labute approximate surface area is 105 Å². The first-order valence-corrected chi connectivity index (χ1v) is 5.94. The molecule has 1 N–H and O–H groups in total. The molecule has 2 rings (SSSR count). The standard InChI is InChI=1S/C14H17F2NO/c1-14(2,3)17-8-11(16)12-7-9-5-4-6-10(15)13(9)18-12/h4-7,11,17H,8H2,1-3H3. The van der Waals surface area contributed by atoms with E-state index in [1.165, 1.54) is 6.07 Å². The third kappa shape index (κ3) is 2.88. The van der Waals surface area contributed by atoms with E-state index in [2.05, 4.69) is 5.32 Å². The zero-order valence-corrected chi connectivity index (χ0v) is 10.8. The van der Waals surface area contributed by atoms with E-state index < -0.39 is 12.0 Å². The molecule has 2 aromatic rings. The summed E-state index contributed by atoms with van der Waals surface area (Å²) in [5, 5.41) is 3.64. The van der Waals surface area contributed by atoms with E-state index in [4.69, 9.17) is 4.42 Å². The predicted molar refractivity (Wildman–Crippen MR) is 67.8 cm³/mol. The lowest BCUT2D eigenvalue weighted by atomic mass is 10.1. The highest BCUT2D eigenvalue weighted by molar-refractivity contribution is 5.78. The van der Waals surface area contributed by atoms with Crippen molar-refractivity contribution in [3.63, 3.8) is 0 Å². The maximum Gasteiger partial charge on any atom is 0.170 e. The molecular weight excluding hydrogens is 236 g/mol. The fourth-order valence-electron chi connectivity index (χ4n) is 1.70. The lowest BCUT2D eigenvalue weighted by molar-refractivity contribution is 0.257. The van der Waals surface area contributed by atoms with Gasteiger partial charge < -0.3 is 9.73 Å². The average molecular weight is 253 g/mol. The van der Waals surface area contributed by atoms with Crippen LogP contribution in [0.3, 0.4) is 0 Å². The smallest absolute Gasteiger partial charge is 0.170 e. The molecule has 0 aliphatic heterocycles. The summed E-state index contributed by atoms with van der Waals surface area (Å²) < 4.78 is 32.6. The summed E-state index contributed by atoms with van der Waals surface area (Å²) in [6.45, 7) is 6.01. The third-order valence-electron chi connectivity index (χ3n) is 2.64. The number of para-hydroxylation sites is 1. The first-order valence-electron chi connectivity index (χ1n) is 5.94. The van der Waals surface area contributed by atoms with Gasteiger partial charge in [0.05, 0.1) is 0 Å². The SMILES string of the molecule is CC(C)(C)NCC(F)c1cc2cccc(F)c2o1. The second-order valence-corrected chi connectivity index (χ2v) is 5.41. The van der Waals surface area contributed by atoms with Gasteiger partial charge in [-0.1, -0.05) is 12.1 Å². The molecule has 0 saturated carbocycles. The first-order chi connectivity index (χ1) is 8.37. The van der Waals surface area contributed by atoms with E-state index in [1.807, 2.05) is 20.8 Å². The van der Waals surface area contributed by atoms with E-state index in [9.17, 15) is 8.78 Å². The van der Waals surface area contributed by atoms with Gasteiger partial charge in [-0.05, 0) is 32.9 Å². The molecule has 4 heteroatoms. The minimum absolute atomic E-state index is 0.117. The quantitative estimate of drug-likeness (QED) is 0.895. The summed E-state index contributed by atoms with van der Waals surface area (Å²) in [4.78, 5) is 0. The van der Waals surface area contributed by atoms with Gasteiger partial charge in [0.25, 0.3) is 0 Å². The number of hydrogen-bond acceptors (Lipinski definition) is 2. The zero-order chi connectivity index (χ0) is 13.3. The number of halogens is 2. The van der Waals surface area contributed by atoms with Gasteiger partial charge in [0, 0.05) is 17.5 Å². The molecule has 2 nitrogen and oxygen atoms in total. The largest absolute Gasteiger partial charge is 0.455 e. The zero-order valence-electron chi connectivity index (χ0n) is 10.8. The van der Waals surface area contributed by atoms with Crippen LogP contribution in [0.25, 0.3) is 11.0 Å². The minimum atomic E-state index is -1.28. The van der Waals surface area contributed by atoms with Crippen molar-refractivity contribution < 1.29 is 13.2 Å². The number of nitrogens with one attached hydrogen (secondary N) is 1. The Balaban J connectivity index is 2.18. The average Bonchev–Trinajstić information content (AvgIpc) is 2.70. The lowest BCUT2D eigenvalue weighted by Crippen LogP contribution is -2.37. The third-order valence-corrected chi connectivity index (χ3v) is 2.64. The van der Waals surface area contributed by atoms with Crippen molar-refractivity contribution in [2.75, 3.05) is 6.54 Å². The van der Waals surface area contributed by atoms with Gasteiger partial charge in [0.2, 0.25) is 0 Å². The molecule has 1 aromatic carbocycles. The Morgan fingerprint density at radius 3 is 2.67 bits per heavy atom. The number of rotatable bonds is 3. The molecule has 98 valence electrons. The fourth-order valence-corrected chi connectivity index (χ4v) is 1.70. The van der Waals surface area contributed by atoms with Gasteiger partial charge in [-0.15, -0.1) is 0 Å². The maximum atomic E-state index is 14.0. The summed E-state index contributed by atoms with van der Waals surface area (Å²) in [6, 6.07) is 6.14. The second kappa shape index (κ2) is 4.69. The summed E-state index contributed by atoms with van der Waals surface area (Å²) in [5.41, 5.74) is -0.0485. The highest BCUT2D eigenvalue weighted by Gasteiger charge is 2.19. The van der Waals surface area contributed by atoms with Gasteiger partial charge in [-0.25, -0.2) is 8.78 Å². The van der Waals surface area contributed by atoms with Crippen LogP contribution in [0.2, 0.25) is 0 Å². The molecule has 0 radical (unpaired) electrons. The van der Waals surface area contributed by atoms with E-state index in [1.54, 1.807) is 18.2 Å². The van der Waals surface area contributed by atoms with Gasteiger partial charge >= 0.3 is 0 Å². The van der Waals surface area contributed by atoms with Crippen LogP contribution in [0.1, 0.15) is 32.7 Å². The van der Waals surface area contributed by atoms with Gasteiger partial charge in [0.15, 0.2) is 17.6 Å². The van der Waals surface area contributed by atoms with Crippen molar-refractivity contribution in [1.29, 1.82) is 0 Å². The van der Waals surface area contributed by atoms with Gasteiger partial charge in [0.1, 0.15) is 5.76 Å². The second-order valence-electron chi connectivity index (χ2n) is 5.41. The highest BCUT2D eigenvalue weighted by atomic mass is 19.1. The maximum absolute atomic E-state index is 14.0. The Kier molecular flexibility index (Phi) is 3.39. The molecule has 1 atom stereocenters. The van der Waals surface area contributed by atoms with Crippen molar-refractivity contribution in [2.45, 2.75) is 32.5 Å². The van der Waals surface area contributed by atoms with Crippen molar-refractivity contribution >= 4 is 11.0 Å². The van der Waals surface area contributed by atoms with E-state index in [0.717, 1.165) is 0 Å². The Morgan fingerprint density at radius 1 is 1.33 bits per heavy atom.